The molecule has 3 nitrogen and oxygen atoms in total. The lowest BCUT2D eigenvalue weighted by molar-refractivity contribution is -0.132. The van der Waals surface area contributed by atoms with Gasteiger partial charge in [-0.05, 0) is 17.9 Å². The summed E-state index contributed by atoms with van der Waals surface area (Å²) in [5.74, 6) is 0.269. The molecule has 1 aromatic carbocycles. The molecule has 1 aliphatic heterocycles. The van der Waals surface area contributed by atoms with Crippen molar-refractivity contribution in [2.24, 2.45) is 5.41 Å². The molecule has 1 unspecified atom stereocenters. The number of hydrogen-bond acceptors (Lipinski definition) is 3. The Balaban J connectivity index is 1.86. The van der Waals surface area contributed by atoms with Gasteiger partial charge in [-0.25, -0.2) is 0 Å². The molecule has 1 aliphatic carbocycles. The molecule has 2 fully saturated rings. The Bertz CT molecular complexity index is 417. The van der Waals surface area contributed by atoms with Gasteiger partial charge in [0.1, 0.15) is 6.10 Å². The summed E-state index contributed by atoms with van der Waals surface area (Å²) >= 11 is 0. The molecule has 1 spiro atoms. The van der Waals surface area contributed by atoms with Crippen LogP contribution in [-0.2, 0) is 4.79 Å². The molecule has 0 amide bonds. The maximum atomic E-state index is 11.5. The van der Waals surface area contributed by atoms with E-state index in [0.717, 1.165) is 13.0 Å². The van der Waals surface area contributed by atoms with Crippen molar-refractivity contribution in [3.05, 3.63) is 35.9 Å². The number of nitrogens with one attached hydrogen (secondary N) is 1. The number of carbonyl (C=O) groups excluding carboxylic acids is 1. The Labute approximate surface area is 94.5 Å². The zero-order valence-electron chi connectivity index (χ0n) is 9.02. The minimum absolute atomic E-state index is 0.0651. The molecule has 3 heteroatoms. The summed E-state index contributed by atoms with van der Waals surface area (Å²) in [5.41, 5.74) is 1.01. The van der Waals surface area contributed by atoms with Crippen molar-refractivity contribution >= 4 is 5.78 Å². The summed E-state index contributed by atoms with van der Waals surface area (Å²) in [5, 5.41) is 13.1. The molecule has 3 atom stereocenters. The van der Waals surface area contributed by atoms with Crippen LogP contribution in [0.1, 0.15) is 17.9 Å². The SMILES string of the molecule is O=C1CNC[C@@]2(CC2c2ccccc2)[C@H]1O. The lowest BCUT2D eigenvalue weighted by Gasteiger charge is -2.28. The third kappa shape index (κ3) is 1.32. The topological polar surface area (TPSA) is 49.3 Å². The van der Waals surface area contributed by atoms with Gasteiger partial charge in [-0.15, -0.1) is 0 Å². The monoisotopic (exact) mass is 217 g/mol. The van der Waals surface area contributed by atoms with E-state index in [1.165, 1.54) is 5.56 Å². The highest BCUT2D eigenvalue weighted by atomic mass is 16.3. The highest BCUT2D eigenvalue weighted by Crippen LogP contribution is 2.61. The molecule has 1 heterocycles. The molecule has 0 radical (unpaired) electrons. The van der Waals surface area contributed by atoms with Crippen molar-refractivity contribution in [3.8, 4) is 0 Å². The van der Waals surface area contributed by atoms with Crippen LogP contribution in [0.4, 0.5) is 0 Å². The Morgan fingerprint density at radius 1 is 1.31 bits per heavy atom. The van der Waals surface area contributed by atoms with Crippen molar-refractivity contribution in [2.45, 2.75) is 18.4 Å². The molecule has 1 aromatic rings. The van der Waals surface area contributed by atoms with Gasteiger partial charge in [-0.2, -0.15) is 0 Å². The summed E-state index contributed by atoms with van der Waals surface area (Å²) in [7, 11) is 0. The summed E-state index contributed by atoms with van der Waals surface area (Å²) in [6, 6.07) is 10.1. The van der Waals surface area contributed by atoms with E-state index in [0.29, 0.717) is 12.5 Å². The maximum Gasteiger partial charge on any atom is 0.175 e. The Morgan fingerprint density at radius 3 is 2.81 bits per heavy atom. The van der Waals surface area contributed by atoms with Gasteiger partial charge in [0.2, 0.25) is 0 Å². The molecule has 3 rings (SSSR count). The summed E-state index contributed by atoms with van der Waals surface area (Å²) in [4.78, 5) is 11.5. The van der Waals surface area contributed by atoms with Crippen molar-refractivity contribution < 1.29 is 9.90 Å². The number of piperidine rings is 1. The van der Waals surface area contributed by atoms with Crippen LogP contribution in [0.2, 0.25) is 0 Å². The highest BCUT2D eigenvalue weighted by molar-refractivity contribution is 5.87. The van der Waals surface area contributed by atoms with Crippen LogP contribution in [-0.4, -0.2) is 30.1 Å². The fourth-order valence-corrected chi connectivity index (χ4v) is 2.89. The smallest absolute Gasteiger partial charge is 0.175 e. The minimum atomic E-state index is -0.779. The third-order valence-electron chi connectivity index (χ3n) is 3.92. The first kappa shape index (κ1) is 10.00. The van der Waals surface area contributed by atoms with Gasteiger partial charge >= 0.3 is 0 Å². The first-order valence-electron chi connectivity index (χ1n) is 5.70. The van der Waals surface area contributed by atoms with Crippen molar-refractivity contribution in [3.63, 3.8) is 0 Å². The second-order valence-corrected chi connectivity index (χ2v) is 4.87. The van der Waals surface area contributed by atoms with Crippen LogP contribution >= 0.6 is 0 Å². The average molecular weight is 217 g/mol. The van der Waals surface area contributed by atoms with Gasteiger partial charge in [0.15, 0.2) is 5.78 Å². The van der Waals surface area contributed by atoms with E-state index < -0.39 is 6.10 Å². The van der Waals surface area contributed by atoms with E-state index in [2.05, 4.69) is 17.4 Å². The number of rotatable bonds is 1. The average Bonchev–Trinajstić information content (AvgIpc) is 3.03. The minimum Gasteiger partial charge on any atom is -0.385 e. The zero-order chi connectivity index (χ0) is 11.2. The summed E-state index contributed by atoms with van der Waals surface area (Å²) in [6.45, 7) is 1.06. The molecule has 84 valence electrons. The van der Waals surface area contributed by atoms with Gasteiger partial charge in [0, 0.05) is 12.0 Å². The number of hydrogen-bond donors (Lipinski definition) is 2. The molecule has 2 N–H and O–H groups in total. The molecular weight excluding hydrogens is 202 g/mol. The van der Waals surface area contributed by atoms with Gasteiger partial charge in [0.25, 0.3) is 0 Å². The van der Waals surface area contributed by atoms with E-state index in [4.69, 9.17) is 0 Å². The van der Waals surface area contributed by atoms with E-state index in [1.807, 2.05) is 18.2 Å². The first-order chi connectivity index (χ1) is 7.74. The van der Waals surface area contributed by atoms with Crippen LogP contribution in [0.3, 0.4) is 0 Å². The van der Waals surface area contributed by atoms with Crippen molar-refractivity contribution in [1.29, 1.82) is 0 Å². The molecule has 1 saturated heterocycles. The zero-order valence-corrected chi connectivity index (χ0v) is 9.02. The Morgan fingerprint density at radius 2 is 2.06 bits per heavy atom. The van der Waals surface area contributed by atoms with Crippen LogP contribution in [0.25, 0.3) is 0 Å². The maximum absolute atomic E-state index is 11.5. The number of benzene rings is 1. The number of ketones is 1. The quantitative estimate of drug-likeness (QED) is 0.727. The Kier molecular flexibility index (Phi) is 2.13. The van der Waals surface area contributed by atoms with E-state index >= 15 is 0 Å². The van der Waals surface area contributed by atoms with Crippen LogP contribution < -0.4 is 5.32 Å². The molecular formula is C13H15NO2. The van der Waals surface area contributed by atoms with Crippen LogP contribution in [0.5, 0.6) is 0 Å². The van der Waals surface area contributed by atoms with Crippen molar-refractivity contribution in [1.82, 2.24) is 5.32 Å². The van der Waals surface area contributed by atoms with Crippen LogP contribution in [0.15, 0.2) is 30.3 Å². The second kappa shape index (κ2) is 3.40. The highest BCUT2D eigenvalue weighted by Gasteiger charge is 2.62. The number of Topliss-reactive ketones (excluding diaryl/α,β-unsaturated/α-hetero) is 1. The molecule has 0 aromatic heterocycles. The predicted molar refractivity (Wildman–Crippen MR) is 60.1 cm³/mol. The molecule has 0 bridgehead atoms. The standard InChI is InChI=1S/C13H15NO2/c15-11-7-14-8-13(12(11)16)6-10(13)9-4-2-1-3-5-9/h1-5,10,12,14,16H,6-8H2/t10?,12-,13+/m0/s1. The van der Waals surface area contributed by atoms with Gasteiger partial charge in [-0.1, -0.05) is 30.3 Å². The van der Waals surface area contributed by atoms with Gasteiger partial charge < -0.3 is 10.4 Å². The number of aliphatic hydroxyl groups is 1. The van der Waals surface area contributed by atoms with Crippen LogP contribution in [0, 0.1) is 5.41 Å². The number of aliphatic hydroxyl groups excluding tert-OH is 1. The van der Waals surface area contributed by atoms with Gasteiger partial charge in [-0.3, -0.25) is 4.79 Å². The molecule has 1 saturated carbocycles. The lowest BCUT2D eigenvalue weighted by Crippen LogP contribution is -2.49. The second-order valence-electron chi connectivity index (χ2n) is 4.87. The predicted octanol–water partition coefficient (Wildman–Crippen LogP) is 0.694. The molecule has 2 aliphatic rings. The fourth-order valence-electron chi connectivity index (χ4n) is 2.89. The first-order valence-corrected chi connectivity index (χ1v) is 5.70. The van der Waals surface area contributed by atoms with E-state index in [1.54, 1.807) is 0 Å². The fraction of sp³-hybridized carbons (Fsp3) is 0.462. The van der Waals surface area contributed by atoms with E-state index in [9.17, 15) is 9.90 Å². The summed E-state index contributed by atoms with van der Waals surface area (Å²) in [6.07, 6.45) is 0.135. The summed E-state index contributed by atoms with van der Waals surface area (Å²) < 4.78 is 0. The Hall–Kier alpha value is -1.19. The normalized spacial score (nSPS) is 37.7. The largest absolute Gasteiger partial charge is 0.385 e. The third-order valence-corrected chi connectivity index (χ3v) is 3.92. The number of carbonyl (C=O) groups is 1. The van der Waals surface area contributed by atoms with Gasteiger partial charge in [0.05, 0.1) is 6.54 Å². The van der Waals surface area contributed by atoms with Crippen molar-refractivity contribution in [2.75, 3.05) is 13.1 Å². The van der Waals surface area contributed by atoms with E-state index in [-0.39, 0.29) is 11.2 Å². The molecule has 16 heavy (non-hydrogen) atoms. The lowest BCUT2D eigenvalue weighted by atomic mass is 9.87.